The minimum Gasteiger partial charge on any atom is -0.126 e. The van der Waals surface area contributed by atoms with Crippen LogP contribution < -0.4 is 0 Å². The molecule has 0 N–H and O–H groups in total. The summed E-state index contributed by atoms with van der Waals surface area (Å²) in [6, 6.07) is 10.7. The number of rotatable bonds is 7. The van der Waals surface area contributed by atoms with Gasteiger partial charge in [0.1, 0.15) is 0 Å². The number of hydrogen-bond acceptors (Lipinski definition) is 1. The summed E-state index contributed by atoms with van der Waals surface area (Å²) in [4.78, 5) is 1.41. The molecule has 0 nitrogen and oxygen atoms in total. The second-order valence-corrected chi connectivity index (χ2v) is 5.16. The topological polar surface area (TPSA) is 0 Å². The summed E-state index contributed by atoms with van der Waals surface area (Å²) >= 11 is 2.01. The van der Waals surface area contributed by atoms with Crippen LogP contribution in [0, 0.1) is 5.92 Å². The van der Waals surface area contributed by atoms with Crippen LogP contribution in [0.15, 0.2) is 35.2 Å². The van der Waals surface area contributed by atoms with Crippen molar-refractivity contribution in [2.24, 2.45) is 5.92 Å². The molecule has 0 aliphatic heterocycles. The van der Waals surface area contributed by atoms with Gasteiger partial charge in [-0.25, -0.2) is 0 Å². The lowest BCUT2D eigenvalue weighted by molar-refractivity contribution is 0.488. The fourth-order valence-corrected chi connectivity index (χ4v) is 2.97. The molecule has 15 heavy (non-hydrogen) atoms. The van der Waals surface area contributed by atoms with E-state index >= 15 is 0 Å². The molecule has 0 amide bonds. The van der Waals surface area contributed by atoms with Gasteiger partial charge in [0.25, 0.3) is 0 Å². The van der Waals surface area contributed by atoms with Gasteiger partial charge in [-0.05, 0) is 30.9 Å². The molecule has 0 atom stereocenters. The zero-order chi connectivity index (χ0) is 10.9. The summed E-state index contributed by atoms with van der Waals surface area (Å²) in [6.45, 7) is 4.58. The van der Waals surface area contributed by atoms with Crippen molar-refractivity contribution >= 4 is 11.8 Å². The van der Waals surface area contributed by atoms with Crippen LogP contribution in [0.3, 0.4) is 0 Å². The van der Waals surface area contributed by atoms with Gasteiger partial charge in [0.15, 0.2) is 0 Å². The van der Waals surface area contributed by atoms with E-state index < -0.39 is 0 Å². The Kier molecular flexibility index (Phi) is 6.58. The summed E-state index contributed by atoms with van der Waals surface area (Å²) in [6.07, 6.45) is 5.40. The number of thioether (sulfide) groups is 1. The van der Waals surface area contributed by atoms with Crippen LogP contribution >= 0.6 is 11.8 Å². The molecular weight excluding hydrogens is 200 g/mol. The standard InChI is InChI=1S/C14H22S/c1-3-8-13(9-4-2)12-15-14-10-6-5-7-11-14/h5-7,10-11,13H,3-4,8-9,12H2,1-2H3. The predicted molar refractivity (Wildman–Crippen MR) is 70.5 cm³/mol. The fraction of sp³-hybridized carbons (Fsp3) is 0.571. The summed E-state index contributed by atoms with van der Waals surface area (Å²) in [5.41, 5.74) is 0. The van der Waals surface area contributed by atoms with Crippen molar-refractivity contribution in [1.82, 2.24) is 0 Å². The van der Waals surface area contributed by atoms with Crippen molar-refractivity contribution in [3.63, 3.8) is 0 Å². The van der Waals surface area contributed by atoms with Gasteiger partial charge in [0.2, 0.25) is 0 Å². The second-order valence-electron chi connectivity index (χ2n) is 4.07. The molecule has 0 bridgehead atoms. The molecule has 0 unspecified atom stereocenters. The lowest BCUT2D eigenvalue weighted by atomic mass is 10.0. The highest BCUT2D eigenvalue weighted by molar-refractivity contribution is 7.99. The maximum atomic E-state index is 2.29. The van der Waals surface area contributed by atoms with Crippen LogP contribution in [0.4, 0.5) is 0 Å². The smallest absolute Gasteiger partial charge is 0.00720 e. The molecule has 0 fully saturated rings. The first kappa shape index (κ1) is 12.6. The van der Waals surface area contributed by atoms with Crippen molar-refractivity contribution in [1.29, 1.82) is 0 Å². The Morgan fingerprint density at radius 3 is 2.13 bits per heavy atom. The lowest BCUT2D eigenvalue weighted by Gasteiger charge is -2.14. The third kappa shape index (κ3) is 5.27. The predicted octanol–water partition coefficient (Wildman–Crippen LogP) is 5.00. The SMILES string of the molecule is CCCC(CCC)CSc1ccccc1. The van der Waals surface area contributed by atoms with Gasteiger partial charge in [-0.15, -0.1) is 11.8 Å². The Morgan fingerprint density at radius 1 is 1.00 bits per heavy atom. The van der Waals surface area contributed by atoms with Crippen molar-refractivity contribution < 1.29 is 0 Å². The van der Waals surface area contributed by atoms with Crippen LogP contribution in [0.1, 0.15) is 39.5 Å². The summed E-state index contributed by atoms with van der Waals surface area (Å²) in [5, 5.41) is 0. The minimum absolute atomic E-state index is 0.908. The van der Waals surface area contributed by atoms with E-state index in [0.717, 1.165) is 5.92 Å². The van der Waals surface area contributed by atoms with Gasteiger partial charge in [-0.1, -0.05) is 44.9 Å². The van der Waals surface area contributed by atoms with Crippen LogP contribution in [0.25, 0.3) is 0 Å². The Morgan fingerprint density at radius 2 is 1.60 bits per heavy atom. The Bertz CT molecular complexity index is 237. The molecule has 0 aliphatic rings. The van der Waals surface area contributed by atoms with E-state index in [9.17, 15) is 0 Å². The third-order valence-corrected chi connectivity index (χ3v) is 3.87. The first-order valence-corrected chi connectivity index (χ1v) is 7.03. The van der Waals surface area contributed by atoms with E-state index in [0.29, 0.717) is 0 Å². The zero-order valence-electron chi connectivity index (χ0n) is 9.91. The van der Waals surface area contributed by atoms with Crippen molar-refractivity contribution in [3.8, 4) is 0 Å². The molecule has 0 saturated heterocycles. The molecule has 0 aliphatic carbocycles. The van der Waals surface area contributed by atoms with E-state index in [1.165, 1.54) is 36.3 Å². The highest BCUT2D eigenvalue weighted by Gasteiger charge is 2.06. The number of hydrogen-bond donors (Lipinski definition) is 0. The normalized spacial score (nSPS) is 10.9. The molecule has 1 aromatic rings. The van der Waals surface area contributed by atoms with Gasteiger partial charge in [0, 0.05) is 10.6 Å². The summed E-state index contributed by atoms with van der Waals surface area (Å²) in [7, 11) is 0. The molecule has 0 heterocycles. The van der Waals surface area contributed by atoms with E-state index in [1.807, 2.05) is 11.8 Å². The molecule has 0 aromatic heterocycles. The molecule has 1 heteroatoms. The Hall–Kier alpha value is -0.430. The van der Waals surface area contributed by atoms with Crippen LogP contribution in [-0.2, 0) is 0 Å². The molecule has 0 spiro atoms. The highest BCUT2D eigenvalue weighted by atomic mass is 32.2. The second kappa shape index (κ2) is 7.81. The Balaban J connectivity index is 2.33. The quantitative estimate of drug-likeness (QED) is 0.585. The Labute approximate surface area is 98.5 Å². The molecule has 1 aromatic carbocycles. The van der Waals surface area contributed by atoms with Crippen molar-refractivity contribution in [2.75, 3.05) is 5.75 Å². The van der Waals surface area contributed by atoms with Gasteiger partial charge < -0.3 is 0 Å². The van der Waals surface area contributed by atoms with E-state index in [1.54, 1.807) is 0 Å². The average Bonchev–Trinajstić information content (AvgIpc) is 2.28. The molecular formula is C14H22S. The van der Waals surface area contributed by atoms with Crippen molar-refractivity contribution in [2.45, 2.75) is 44.4 Å². The van der Waals surface area contributed by atoms with E-state index in [2.05, 4.69) is 44.2 Å². The maximum Gasteiger partial charge on any atom is 0.00720 e. The van der Waals surface area contributed by atoms with Gasteiger partial charge in [-0.3, -0.25) is 0 Å². The molecule has 0 radical (unpaired) electrons. The van der Waals surface area contributed by atoms with Gasteiger partial charge in [-0.2, -0.15) is 0 Å². The molecule has 0 saturated carbocycles. The first-order valence-electron chi connectivity index (χ1n) is 6.04. The van der Waals surface area contributed by atoms with E-state index in [-0.39, 0.29) is 0 Å². The first-order chi connectivity index (χ1) is 7.36. The highest BCUT2D eigenvalue weighted by Crippen LogP contribution is 2.24. The molecule has 84 valence electrons. The largest absolute Gasteiger partial charge is 0.126 e. The summed E-state index contributed by atoms with van der Waals surface area (Å²) < 4.78 is 0. The minimum atomic E-state index is 0.908. The van der Waals surface area contributed by atoms with Crippen LogP contribution in [0.5, 0.6) is 0 Å². The van der Waals surface area contributed by atoms with Crippen LogP contribution in [0.2, 0.25) is 0 Å². The maximum absolute atomic E-state index is 2.29. The molecule has 1 rings (SSSR count). The van der Waals surface area contributed by atoms with Gasteiger partial charge >= 0.3 is 0 Å². The summed E-state index contributed by atoms with van der Waals surface area (Å²) in [5.74, 6) is 2.19. The monoisotopic (exact) mass is 222 g/mol. The van der Waals surface area contributed by atoms with Crippen molar-refractivity contribution in [3.05, 3.63) is 30.3 Å². The fourth-order valence-electron chi connectivity index (χ4n) is 1.86. The average molecular weight is 222 g/mol. The third-order valence-electron chi connectivity index (χ3n) is 2.62. The number of benzene rings is 1. The lowest BCUT2D eigenvalue weighted by Crippen LogP contribution is -2.02. The van der Waals surface area contributed by atoms with Gasteiger partial charge in [0.05, 0.1) is 0 Å². The zero-order valence-corrected chi connectivity index (χ0v) is 10.7. The van der Waals surface area contributed by atoms with E-state index in [4.69, 9.17) is 0 Å². The van der Waals surface area contributed by atoms with Crippen LogP contribution in [-0.4, -0.2) is 5.75 Å².